The number of nitrogens with one attached hydrogen (secondary N) is 1. The van der Waals surface area contributed by atoms with E-state index in [4.69, 9.17) is 10.2 Å². The third-order valence-corrected chi connectivity index (χ3v) is 2.48. The number of hydrogen-bond acceptors (Lipinski definition) is 4. The van der Waals surface area contributed by atoms with Crippen molar-refractivity contribution in [2.75, 3.05) is 26.2 Å². The van der Waals surface area contributed by atoms with E-state index in [1.54, 1.807) is 18.7 Å². The monoisotopic (exact) mass is 246 g/mol. The van der Waals surface area contributed by atoms with Gasteiger partial charge in [0.25, 0.3) is 0 Å². The molecule has 17 heavy (non-hydrogen) atoms. The fourth-order valence-corrected chi connectivity index (χ4v) is 1.43. The van der Waals surface area contributed by atoms with Gasteiger partial charge in [-0.3, -0.25) is 9.69 Å². The van der Waals surface area contributed by atoms with Crippen LogP contribution in [0.25, 0.3) is 0 Å². The van der Waals surface area contributed by atoms with Gasteiger partial charge in [0.1, 0.15) is 6.04 Å². The lowest BCUT2D eigenvalue weighted by atomic mass is 10.0. The van der Waals surface area contributed by atoms with Crippen LogP contribution in [0.2, 0.25) is 0 Å². The molecule has 0 fully saturated rings. The minimum Gasteiger partial charge on any atom is -0.480 e. The lowest BCUT2D eigenvalue weighted by Crippen LogP contribution is -2.48. The van der Waals surface area contributed by atoms with Crippen LogP contribution in [0, 0.1) is 5.92 Å². The Morgan fingerprint density at radius 3 is 2.29 bits per heavy atom. The van der Waals surface area contributed by atoms with Gasteiger partial charge < -0.3 is 15.5 Å². The molecule has 0 aromatic heterocycles. The first-order chi connectivity index (χ1) is 7.92. The average molecular weight is 246 g/mol. The topological polar surface area (TPSA) is 89.9 Å². The van der Waals surface area contributed by atoms with Gasteiger partial charge >= 0.3 is 5.97 Å². The van der Waals surface area contributed by atoms with Crippen molar-refractivity contribution < 1.29 is 19.8 Å². The van der Waals surface area contributed by atoms with Gasteiger partial charge in [-0.15, -0.1) is 0 Å². The van der Waals surface area contributed by atoms with E-state index in [2.05, 4.69) is 5.32 Å². The van der Waals surface area contributed by atoms with Crippen LogP contribution in [0.1, 0.15) is 20.8 Å². The molecule has 100 valence electrons. The maximum atomic E-state index is 11.6. The molecule has 3 N–H and O–H groups in total. The first-order valence-electron chi connectivity index (χ1n) is 5.77. The molecule has 0 saturated heterocycles. The van der Waals surface area contributed by atoms with Gasteiger partial charge in [0, 0.05) is 6.54 Å². The van der Waals surface area contributed by atoms with E-state index < -0.39 is 12.0 Å². The minimum absolute atomic E-state index is 0.0202. The molecule has 0 aromatic rings. The number of likely N-dealkylation sites (N-methyl/N-ethyl adjacent to an activating group) is 1. The predicted octanol–water partition coefficient (Wildman–Crippen LogP) is -0.474. The highest BCUT2D eigenvalue weighted by atomic mass is 16.4. The van der Waals surface area contributed by atoms with Gasteiger partial charge in [0.15, 0.2) is 0 Å². The van der Waals surface area contributed by atoms with Crippen molar-refractivity contribution in [2.24, 2.45) is 5.92 Å². The Bertz CT molecular complexity index is 256. The number of carboxylic acid groups (broad SMARTS) is 1. The van der Waals surface area contributed by atoms with Crippen molar-refractivity contribution in [2.45, 2.75) is 26.8 Å². The van der Waals surface area contributed by atoms with E-state index in [9.17, 15) is 9.59 Å². The van der Waals surface area contributed by atoms with Crippen molar-refractivity contribution in [3.8, 4) is 0 Å². The molecule has 1 atom stereocenters. The fourth-order valence-electron chi connectivity index (χ4n) is 1.43. The van der Waals surface area contributed by atoms with Gasteiger partial charge in [0.05, 0.1) is 13.2 Å². The summed E-state index contributed by atoms with van der Waals surface area (Å²) in [6.45, 7) is 6.48. The van der Waals surface area contributed by atoms with Crippen LogP contribution in [0.5, 0.6) is 0 Å². The van der Waals surface area contributed by atoms with Crippen LogP contribution >= 0.6 is 0 Å². The number of carbonyl (C=O) groups excluding carboxylic acids is 1. The molecule has 0 aliphatic carbocycles. The summed E-state index contributed by atoms with van der Waals surface area (Å²) in [5, 5.41) is 20.2. The fraction of sp³-hybridized carbons (Fsp3) is 0.818. The molecule has 0 spiro atoms. The van der Waals surface area contributed by atoms with Crippen LogP contribution in [0.4, 0.5) is 0 Å². The van der Waals surface area contributed by atoms with Crippen molar-refractivity contribution in [1.82, 2.24) is 10.2 Å². The Morgan fingerprint density at radius 2 is 1.94 bits per heavy atom. The van der Waals surface area contributed by atoms with Gasteiger partial charge in [-0.25, -0.2) is 4.79 Å². The van der Waals surface area contributed by atoms with Crippen molar-refractivity contribution >= 4 is 11.9 Å². The van der Waals surface area contributed by atoms with Crippen molar-refractivity contribution in [3.05, 3.63) is 0 Å². The summed E-state index contributed by atoms with van der Waals surface area (Å²) < 4.78 is 0. The maximum Gasteiger partial charge on any atom is 0.326 e. The van der Waals surface area contributed by atoms with E-state index in [-0.39, 0.29) is 25.0 Å². The summed E-state index contributed by atoms with van der Waals surface area (Å²) in [4.78, 5) is 24.2. The number of hydrogen-bond donors (Lipinski definition) is 3. The highest BCUT2D eigenvalue weighted by molar-refractivity contribution is 5.84. The minimum atomic E-state index is -1.03. The Balaban J connectivity index is 4.27. The SMILES string of the molecule is CCN(CCO)CC(=O)NC(C(=O)O)C(C)C. The lowest BCUT2D eigenvalue weighted by Gasteiger charge is -2.22. The maximum absolute atomic E-state index is 11.6. The summed E-state index contributed by atoms with van der Waals surface area (Å²) in [5.41, 5.74) is 0. The summed E-state index contributed by atoms with van der Waals surface area (Å²) in [7, 11) is 0. The molecule has 6 nitrogen and oxygen atoms in total. The molecule has 0 rings (SSSR count). The van der Waals surface area contributed by atoms with Gasteiger partial charge in [0.2, 0.25) is 5.91 Å². The van der Waals surface area contributed by atoms with E-state index in [1.807, 2.05) is 6.92 Å². The number of nitrogens with zero attached hydrogens (tertiary/aromatic N) is 1. The summed E-state index contributed by atoms with van der Waals surface area (Å²) in [6, 6.07) is -0.865. The van der Waals surface area contributed by atoms with Gasteiger partial charge in [-0.1, -0.05) is 20.8 Å². The summed E-state index contributed by atoms with van der Waals surface area (Å²) in [5.74, 6) is -1.52. The molecule has 0 aliphatic heterocycles. The predicted molar refractivity (Wildman–Crippen MR) is 63.6 cm³/mol. The summed E-state index contributed by atoms with van der Waals surface area (Å²) >= 11 is 0. The highest BCUT2D eigenvalue weighted by Crippen LogP contribution is 2.01. The molecular weight excluding hydrogens is 224 g/mol. The molecule has 0 aliphatic rings. The number of aliphatic hydroxyl groups is 1. The third kappa shape index (κ3) is 6.23. The number of rotatable bonds is 8. The summed E-state index contributed by atoms with van der Waals surface area (Å²) in [6.07, 6.45) is 0. The number of aliphatic hydroxyl groups excluding tert-OH is 1. The molecule has 0 aromatic carbocycles. The lowest BCUT2D eigenvalue weighted by molar-refractivity contribution is -0.143. The number of amides is 1. The molecule has 1 amide bonds. The molecular formula is C11H22N2O4. The second kappa shape index (κ2) is 8.03. The molecule has 0 saturated carbocycles. The van der Waals surface area contributed by atoms with E-state index in [0.717, 1.165) is 0 Å². The Labute approximate surface area is 102 Å². The van der Waals surface area contributed by atoms with Crippen LogP contribution in [-0.2, 0) is 9.59 Å². The average Bonchev–Trinajstić information content (AvgIpc) is 2.24. The Morgan fingerprint density at radius 1 is 1.35 bits per heavy atom. The van der Waals surface area contributed by atoms with Gasteiger partial charge in [-0.2, -0.15) is 0 Å². The second-order valence-corrected chi connectivity index (χ2v) is 4.22. The quantitative estimate of drug-likeness (QED) is 0.538. The Kier molecular flexibility index (Phi) is 7.49. The highest BCUT2D eigenvalue weighted by Gasteiger charge is 2.23. The number of carboxylic acids is 1. The first-order valence-corrected chi connectivity index (χ1v) is 5.77. The Hall–Kier alpha value is -1.14. The van der Waals surface area contributed by atoms with E-state index in [0.29, 0.717) is 13.1 Å². The largest absolute Gasteiger partial charge is 0.480 e. The van der Waals surface area contributed by atoms with Gasteiger partial charge in [-0.05, 0) is 12.5 Å². The van der Waals surface area contributed by atoms with Crippen molar-refractivity contribution in [3.63, 3.8) is 0 Å². The number of aliphatic carboxylic acids is 1. The molecule has 0 radical (unpaired) electrons. The third-order valence-electron chi connectivity index (χ3n) is 2.48. The van der Waals surface area contributed by atoms with Crippen LogP contribution in [0.3, 0.4) is 0 Å². The zero-order chi connectivity index (χ0) is 13.4. The molecule has 6 heteroatoms. The van der Waals surface area contributed by atoms with Crippen LogP contribution in [0.15, 0.2) is 0 Å². The molecule has 0 bridgehead atoms. The standard InChI is InChI=1S/C11H22N2O4/c1-4-13(5-6-14)7-9(15)12-10(8(2)3)11(16)17/h8,10,14H,4-7H2,1-3H3,(H,12,15)(H,16,17). The molecule has 1 unspecified atom stereocenters. The van der Waals surface area contributed by atoms with Crippen LogP contribution in [-0.4, -0.2) is 59.3 Å². The van der Waals surface area contributed by atoms with Crippen LogP contribution < -0.4 is 5.32 Å². The smallest absolute Gasteiger partial charge is 0.326 e. The van der Waals surface area contributed by atoms with E-state index >= 15 is 0 Å². The number of carbonyl (C=O) groups is 2. The van der Waals surface area contributed by atoms with Crippen molar-refractivity contribution in [1.29, 1.82) is 0 Å². The zero-order valence-electron chi connectivity index (χ0n) is 10.6. The second-order valence-electron chi connectivity index (χ2n) is 4.22. The zero-order valence-corrected chi connectivity index (χ0v) is 10.6. The molecule has 0 heterocycles. The first kappa shape index (κ1) is 15.9. The normalized spacial score (nSPS) is 12.8. The van der Waals surface area contributed by atoms with E-state index in [1.165, 1.54) is 0 Å².